The predicted molar refractivity (Wildman–Crippen MR) is 183 cm³/mol. The van der Waals surface area contributed by atoms with Gasteiger partial charge in [0.15, 0.2) is 0 Å². The predicted octanol–water partition coefficient (Wildman–Crippen LogP) is 6.87. The molecule has 2 aliphatic heterocycles. The number of benzene rings is 3. The van der Waals surface area contributed by atoms with Crippen molar-refractivity contribution < 1.29 is 24.2 Å². The van der Waals surface area contributed by atoms with Gasteiger partial charge in [-0.05, 0) is 145 Å². The minimum absolute atomic E-state index is 0.205. The average Bonchev–Trinajstić information content (AvgIpc) is 3.82. The normalized spacial score (nSPS) is 30.5. The maximum absolute atomic E-state index is 12.4. The number of carbonyl (C=O) groups is 3. The largest absolute Gasteiger partial charge is 0.508 e. The summed E-state index contributed by atoms with van der Waals surface area (Å²) >= 11 is 0. The molecule has 2 spiro atoms. The number of phenolic OH excluding ortho intramolecular Hbond substituents is 1. The molecular weight excluding hydrogens is 600 g/mol. The lowest BCUT2D eigenvalue weighted by molar-refractivity contribution is -0.129. The van der Waals surface area contributed by atoms with Gasteiger partial charge in [-0.1, -0.05) is 30.3 Å². The highest BCUT2D eigenvalue weighted by molar-refractivity contribution is 5.91. The van der Waals surface area contributed by atoms with Crippen LogP contribution in [0.15, 0.2) is 66.7 Å². The number of hydrogen-bond donors (Lipinski definition) is 1. The SMILES string of the molecule is CC(=O)N1CC2CCC3c4ccc(O)cc4CCC23C1.CC(=O)N1CC2CCC3c4ccc(OC(=O)c5ccccc5)cc4CCC23C1. The number of likely N-dealkylation sites (tertiary alicyclic amines) is 2. The molecule has 2 heterocycles. The second-order valence-corrected chi connectivity index (χ2v) is 15.4. The van der Waals surface area contributed by atoms with Crippen LogP contribution in [0.4, 0.5) is 0 Å². The van der Waals surface area contributed by atoms with Gasteiger partial charge in [0.2, 0.25) is 11.8 Å². The Labute approximate surface area is 283 Å². The lowest BCUT2D eigenvalue weighted by atomic mass is 9.63. The van der Waals surface area contributed by atoms with Gasteiger partial charge in [-0.2, -0.15) is 0 Å². The number of ether oxygens (including phenoxy) is 1. The van der Waals surface area contributed by atoms with E-state index in [1.807, 2.05) is 42.5 Å². The standard InChI is InChI=1S/C24H25NO3.C17H21NO2/c1-16(26)25-14-19-7-10-22-21-9-8-20(13-18(21)11-12-24(19,22)15-25)28-23(27)17-5-3-2-4-6-17;1-11(19)18-9-13-2-5-16-15-4-3-14(20)8-12(15)6-7-17(13,16)10-18/h2-6,8-9,13,19,22H,7,10-12,14-15H2,1H3;3-4,8,13,16,20H,2,5-7,9-10H2,1H3. The number of fused-ring (bicyclic) bond motifs is 4. The van der Waals surface area contributed by atoms with E-state index in [0.717, 1.165) is 45.4 Å². The van der Waals surface area contributed by atoms with Crippen LogP contribution in [0.3, 0.4) is 0 Å². The van der Waals surface area contributed by atoms with Crippen molar-refractivity contribution >= 4 is 17.8 Å². The summed E-state index contributed by atoms with van der Waals surface area (Å²) in [7, 11) is 0. The molecule has 7 heteroatoms. The number of carbonyl (C=O) groups excluding carboxylic acids is 3. The third-order valence-corrected chi connectivity index (χ3v) is 13.3. The molecule has 4 aliphatic carbocycles. The van der Waals surface area contributed by atoms with Crippen molar-refractivity contribution in [3.63, 3.8) is 0 Å². The zero-order chi connectivity index (χ0) is 33.2. The first-order valence-electron chi connectivity index (χ1n) is 17.9. The van der Waals surface area contributed by atoms with Gasteiger partial charge < -0.3 is 19.6 Å². The first kappa shape index (κ1) is 31.2. The van der Waals surface area contributed by atoms with Gasteiger partial charge in [0.25, 0.3) is 0 Å². The summed E-state index contributed by atoms with van der Waals surface area (Å²) in [5.41, 5.74) is 6.59. The van der Waals surface area contributed by atoms with Crippen LogP contribution in [0, 0.1) is 22.7 Å². The van der Waals surface area contributed by atoms with E-state index in [0.29, 0.717) is 46.1 Å². The summed E-state index contributed by atoms with van der Waals surface area (Å²) < 4.78 is 5.62. The minimum atomic E-state index is -0.318. The van der Waals surface area contributed by atoms with Crippen LogP contribution in [0.5, 0.6) is 11.5 Å². The zero-order valence-corrected chi connectivity index (χ0v) is 28.1. The monoisotopic (exact) mass is 646 g/mol. The van der Waals surface area contributed by atoms with Crippen LogP contribution < -0.4 is 4.74 Å². The summed E-state index contributed by atoms with van der Waals surface area (Å²) in [6.45, 7) is 7.12. The Kier molecular flexibility index (Phi) is 7.65. The second-order valence-electron chi connectivity index (χ2n) is 15.4. The molecule has 0 aromatic heterocycles. The fourth-order valence-corrected chi connectivity index (χ4v) is 11.0. The molecule has 3 aromatic rings. The van der Waals surface area contributed by atoms with Crippen LogP contribution in [0.25, 0.3) is 0 Å². The molecule has 6 unspecified atom stereocenters. The Bertz CT molecular complexity index is 1770. The summed E-state index contributed by atoms with van der Waals surface area (Å²) in [5.74, 6) is 3.53. The highest BCUT2D eigenvalue weighted by Gasteiger charge is 2.58. The van der Waals surface area contributed by atoms with Gasteiger partial charge in [-0.15, -0.1) is 0 Å². The number of phenols is 1. The van der Waals surface area contributed by atoms with Crippen LogP contribution in [0.2, 0.25) is 0 Å². The lowest BCUT2D eigenvalue weighted by Crippen LogP contribution is -2.37. The van der Waals surface area contributed by atoms with E-state index < -0.39 is 0 Å². The van der Waals surface area contributed by atoms with E-state index in [2.05, 4.69) is 21.9 Å². The van der Waals surface area contributed by atoms with Gasteiger partial charge in [-0.3, -0.25) is 9.59 Å². The smallest absolute Gasteiger partial charge is 0.343 e. The molecule has 4 fully saturated rings. The third-order valence-electron chi connectivity index (χ3n) is 13.3. The zero-order valence-electron chi connectivity index (χ0n) is 28.1. The van der Waals surface area contributed by atoms with E-state index in [9.17, 15) is 19.5 Å². The summed E-state index contributed by atoms with van der Waals surface area (Å²) in [6, 6.07) is 21.1. The molecule has 6 aliphatic rings. The molecule has 3 aromatic carbocycles. The molecular formula is C41H46N2O5. The Morgan fingerprint density at radius 1 is 0.708 bits per heavy atom. The number of rotatable bonds is 2. The molecule has 2 saturated heterocycles. The summed E-state index contributed by atoms with van der Waals surface area (Å²) in [4.78, 5) is 40.1. The maximum Gasteiger partial charge on any atom is 0.343 e. The number of aromatic hydroxyl groups is 1. The lowest BCUT2D eigenvalue weighted by Gasteiger charge is -2.41. The van der Waals surface area contributed by atoms with Crippen molar-refractivity contribution in [1.29, 1.82) is 0 Å². The Morgan fingerprint density at radius 3 is 1.81 bits per heavy atom. The van der Waals surface area contributed by atoms with Crippen LogP contribution in [-0.2, 0) is 22.4 Å². The highest BCUT2D eigenvalue weighted by Crippen LogP contribution is 2.63. The van der Waals surface area contributed by atoms with E-state index in [-0.39, 0.29) is 23.2 Å². The molecule has 1 N–H and O–H groups in total. The first-order valence-corrected chi connectivity index (χ1v) is 17.9. The van der Waals surface area contributed by atoms with Crippen LogP contribution in [0.1, 0.15) is 96.8 Å². The molecule has 9 rings (SSSR count). The molecule has 0 bridgehead atoms. The van der Waals surface area contributed by atoms with Gasteiger partial charge in [0.05, 0.1) is 5.56 Å². The van der Waals surface area contributed by atoms with E-state index in [4.69, 9.17) is 4.74 Å². The molecule has 250 valence electrons. The third kappa shape index (κ3) is 5.03. The number of nitrogens with zero attached hydrogens (tertiary/aromatic N) is 2. The van der Waals surface area contributed by atoms with E-state index in [1.54, 1.807) is 26.0 Å². The van der Waals surface area contributed by atoms with E-state index >= 15 is 0 Å². The topological polar surface area (TPSA) is 87.2 Å². The highest BCUT2D eigenvalue weighted by atomic mass is 16.5. The molecule has 6 atom stereocenters. The van der Waals surface area contributed by atoms with Crippen LogP contribution in [-0.4, -0.2) is 58.9 Å². The Morgan fingerprint density at radius 2 is 1.25 bits per heavy atom. The van der Waals surface area contributed by atoms with E-state index in [1.165, 1.54) is 54.4 Å². The van der Waals surface area contributed by atoms with Crippen molar-refractivity contribution in [3.8, 4) is 11.5 Å². The van der Waals surface area contributed by atoms with Crippen molar-refractivity contribution in [2.75, 3.05) is 26.2 Å². The summed E-state index contributed by atoms with van der Waals surface area (Å²) in [6.07, 6.45) is 9.22. The molecule has 48 heavy (non-hydrogen) atoms. The van der Waals surface area contributed by atoms with Crippen molar-refractivity contribution in [3.05, 3.63) is 94.5 Å². The number of aryl methyl sites for hydroxylation is 2. The van der Waals surface area contributed by atoms with Gasteiger partial charge in [0, 0.05) is 40.0 Å². The van der Waals surface area contributed by atoms with Crippen molar-refractivity contribution in [1.82, 2.24) is 9.80 Å². The molecule has 7 nitrogen and oxygen atoms in total. The molecule has 0 radical (unpaired) electrons. The summed E-state index contributed by atoms with van der Waals surface area (Å²) in [5, 5.41) is 9.68. The van der Waals surface area contributed by atoms with Crippen molar-refractivity contribution in [2.45, 2.75) is 77.0 Å². The fourth-order valence-electron chi connectivity index (χ4n) is 11.0. The second kappa shape index (κ2) is 11.8. The number of hydrogen-bond acceptors (Lipinski definition) is 5. The Balaban J connectivity index is 0.000000148. The number of amides is 2. The first-order chi connectivity index (χ1) is 23.2. The molecule has 2 saturated carbocycles. The van der Waals surface area contributed by atoms with Crippen molar-refractivity contribution in [2.24, 2.45) is 22.7 Å². The maximum atomic E-state index is 12.4. The molecule has 2 amide bonds. The fraction of sp³-hybridized carbons (Fsp3) is 0.488. The quantitative estimate of drug-likeness (QED) is 0.243. The average molecular weight is 647 g/mol. The minimum Gasteiger partial charge on any atom is -0.508 e. The van der Waals surface area contributed by atoms with Crippen LogP contribution >= 0.6 is 0 Å². The van der Waals surface area contributed by atoms with Gasteiger partial charge in [-0.25, -0.2) is 4.79 Å². The number of esters is 1. The van der Waals surface area contributed by atoms with Gasteiger partial charge >= 0.3 is 5.97 Å². The van der Waals surface area contributed by atoms with Gasteiger partial charge in [0.1, 0.15) is 11.5 Å². The Hall–Kier alpha value is -4.13.